The fourth-order valence-electron chi connectivity index (χ4n) is 1.34. The molecule has 0 aromatic rings. The first-order valence-electron chi connectivity index (χ1n) is 5.02. The SMILES string of the molecule is COC(=O)CC1=CSC(=C2C(=O)NC(=S)NC2=O)S1. The van der Waals surface area contributed by atoms with E-state index >= 15 is 0 Å². The van der Waals surface area contributed by atoms with Crippen molar-refractivity contribution in [2.24, 2.45) is 0 Å². The molecule has 0 atom stereocenters. The van der Waals surface area contributed by atoms with Crippen molar-refractivity contribution < 1.29 is 19.1 Å². The lowest BCUT2D eigenvalue weighted by atomic mass is 10.2. The van der Waals surface area contributed by atoms with Gasteiger partial charge in [-0.05, 0) is 17.6 Å². The molecule has 19 heavy (non-hydrogen) atoms. The average Bonchev–Trinajstić information content (AvgIpc) is 2.75. The smallest absolute Gasteiger partial charge is 0.310 e. The van der Waals surface area contributed by atoms with E-state index in [4.69, 9.17) is 12.2 Å². The Morgan fingerprint density at radius 3 is 2.58 bits per heavy atom. The highest BCUT2D eigenvalue weighted by Crippen LogP contribution is 2.46. The second-order valence-corrected chi connectivity index (χ2v) is 6.14. The van der Waals surface area contributed by atoms with Gasteiger partial charge in [0.05, 0.1) is 17.8 Å². The summed E-state index contributed by atoms with van der Waals surface area (Å²) in [7, 11) is 1.30. The van der Waals surface area contributed by atoms with E-state index in [9.17, 15) is 14.4 Å². The summed E-state index contributed by atoms with van der Waals surface area (Å²) in [5.74, 6) is -1.43. The fraction of sp³-hybridized carbons (Fsp3) is 0.200. The summed E-state index contributed by atoms with van der Waals surface area (Å²) in [6, 6.07) is 0. The first-order chi connectivity index (χ1) is 9.01. The second-order valence-electron chi connectivity index (χ2n) is 3.46. The average molecular weight is 316 g/mol. The van der Waals surface area contributed by atoms with Crippen molar-refractivity contribution in [2.75, 3.05) is 7.11 Å². The van der Waals surface area contributed by atoms with Gasteiger partial charge < -0.3 is 4.74 Å². The van der Waals surface area contributed by atoms with Gasteiger partial charge in [-0.15, -0.1) is 0 Å². The lowest BCUT2D eigenvalue weighted by molar-refractivity contribution is -0.139. The Morgan fingerprint density at radius 2 is 2.00 bits per heavy atom. The van der Waals surface area contributed by atoms with Gasteiger partial charge in [-0.3, -0.25) is 25.0 Å². The van der Waals surface area contributed by atoms with Crippen LogP contribution < -0.4 is 10.6 Å². The van der Waals surface area contributed by atoms with Gasteiger partial charge in [0.2, 0.25) is 0 Å². The molecule has 0 aromatic heterocycles. The molecule has 2 aliphatic heterocycles. The molecule has 2 amide bonds. The Morgan fingerprint density at radius 1 is 1.37 bits per heavy atom. The van der Waals surface area contributed by atoms with Crippen molar-refractivity contribution in [1.29, 1.82) is 0 Å². The van der Waals surface area contributed by atoms with E-state index < -0.39 is 11.8 Å². The number of carbonyl (C=O) groups excluding carboxylic acids is 3. The van der Waals surface area contributed by atoms with Crippen molar-refractivity contribution in [3.8, 4) is 0 Å². The van der Waals surface area contributed by atoms with Crippen LogP contribution in [0.1, 0.15) is 6.42 Å². The zero-order chi connectivity index (χ0) is 14.0. The number of amides is 2. The third-order valence-electron chi connectivity index (χ3n) is 2.18. The van der Waals surface area contributed by atoms with E-state index in [1.165, 1.54) is 30.6 Å². The summed E-state index contributed by atoms with van der Waals surface area (Å²) >= 11 is 7.14. The van der Waals surface area contributed by atoms with Crippen LogP contribution in [-0.2, 0) is 19.1 Å². The molecule has 0 aliphatic carbocycles. The van der Waals surface area contributed by atoms with Gasteiger partial charge in [0, 0.05) is 4.91 Å². The van der Waals surface area contributed by atoms with Crippen LogP contribution in [0, 0.1) is 0 Å². The van der Waals surface area contributed by atoms with Crippen LogP contribution in [0.25, 0.3) is 0 Å². The molecule has 0 spiro atoms. The number of carbonyl (C=O) groups is 3. The summed E-state index contributed by atoms with van der Waals surface area (Å²) < 4.78 is 5.08. The number of methoxy groups -OCH3 is 1. The van der Waals surface area contributed by atoms with Crippen molar-refractivity contribution in [3.05, 3.63) is 20.1 Å². The van der Waals surface area contributed by atoms with E-state index in [2.05, 4.69) is 15.4 Å². The third kappa shape index (κ3) is 3.17. The monoisotopic (exact) mass is 316 g/mol. The topological polar surface area (TPSA) is 84.5 Å². The molecule has 0 unspecified atom stereocenters. The van der Waals surface area contributed by atoms with E-state index in [-0.39, 0.29) is 23.1 Å². The quantitative estimate of drug-likeness (QED) is 0.334. The molecule has 2 aliphatic rings. The number of thioether (sulfide) groups is 2. The molecular weight excluding hydrogens is 308 g/mol. The van der Waals surface area contributed by atoms with Crippen LogP contribution >= 0.6 is 35.7 Å². The van der Waals surface area contributed by atoms with Gasteiger partial charge in [0.1, 0.15) is 5.57 Å². The number of rotatable bonds is 2. The predicted octanol–water partition coefficient (Wildman–Crippen LogP) is 0.613. The highest BCUT2D eigenvalue weighted by molar-refractivity contribution is 8.28. The van der Waals surface area contributed by atoms with Gasteiger partial charge in [-0.2, -0.15) is 0 Å². The van der Waals surface area contributed by atoms with Crippen LogP contribution in [0.15, 0.2) is 20.1 Å². The predicted molar refractivity (Wildman–Crippen MR) is 75.8 cm³/mol. The molecule has 0 radical (unpaired) electrons. The number of esters is 1. The standard InChI is InChI=1S/C10H8N2O4S3/c1-16-5(13)2-4-3-18-9(19-4)6-7(14)11-10(17)12-8(6)15/h3H,2H2,1H3,(H2,11,12,14,15,17). The number of hydrogen-bond acceptors (Lipinski definition) is 7. The van der Waals surface area contributed by atoms with Crippen LogP contribution in [0.4, 0.5) is 0 Å². The Kier molecular flexibility index (Phi) is 4.27. The van der Waals surface area contributed by atoms with Crippen molar-refractivity contribution in [3.63, 3.8) is 0 Å². The lowest BCUT2D eigenvalue weighted by Gasteiger charge is -2.17. The minimum Gasteiger partial charge on any atom is -0.469 e. The fourth-order valence-corrected chi connectivity index (χ4v) is 3.86. The molecule has 9 heteroatoms. The van der Waals surface area contributed by atoms with E-state index in [0.29, 0.717) is 4.24 Å². The molecular formula is C10H8N2O4S3. The van der Waals surface area contributed by atoms with Crippen LogP contribution in [0.2, 0.25) is 0 Å². The molecule has 0 saturated carbocycles. The summed E-state index contributed by atoms with van der Waals surface area (Å²) in [4.78, 5) is 35.3. The first kappa shape index (κ1) is 14.1. The van der Waals surface area contributed by atoms with Gasteiger partial charge in [-0.25, -0.2) is 0 Å². The van der Waals surface area contributed by atoms with Gasteiger partial charge >= 0.3 is 5.97 Å². The Hall–Kier alpha value is -1.32. The number of hydrogen-bond donors (Lipinski definition) is 2. The van der Waals surface area contributed by atoms with Crippen LogP contribution in [-0.4, -0.2) is 30.0 Å². The summed E-state index contributed by atoms with van der Waals surface area (Å²) in [5.41, 5.74) is 0.0136. The Balaban J connectivity index is 2.14. The van der Waals surface area contributed by atoms with Gasteiger partial charge in [0.25, 0.3) is 11.8 Å². The first-order valence-corrected chi connectivity index (χ1v) is 7.13. The Labute approximate surface area is 122 Å². The highest BCUT2D eigenvalue weighted by Gasteiger charge is 2.32. The molecule has 1 saturated heterocycles. The largest absolute Gasteiger partial charge is 0.469 e. The maximum absolute atomic E-state index is 11.7. The molecule has 2 N–H and O–H groups in total. The van der Waals surface area contributed by atoms with Crippen LogP contribution in [0.5, 0.6) is 0 Å². The number of nitrogens with one attached hydrogen (secondary N) is 2. The molecule has 0 bridgehead atoms. The lowest BCUT2D eigenvalue weighted by Crippen LogP contribution is -2.51. The minimum absolute atomic E-state index is 0.00455. The molecule has 0 aromatic carbocycles. The summed E-state index contributed by atoms with van der Waals surface area (Å²) in [6.07, 6.45) is 0.118. The van der Waals surface area contributed by atoms with Gasteiger partial charge in [0.15, 0.2) is 5.11 Å². The number of thiocarbonyl (C=S) groups is 1. The maximum atomic E-state index is 11.7. The van der Waals surface area contributed by atoms with E-state index in [0.717, 1.165) is 4.91 Å². The zero-order valence-corrected chi connectivity index (χ0v) is 12.1. The number of ether oxygens (including phenoxy) is 1. The van der Waals surface area contributed by atoms with Crippen molar-refractivity contribution >= 4 is 58.6 Å². The minimum atomic E-state index is -0.531. The zero-order valence-electron chi connectivity index (χ0n) is 9.64. The highest BCUT2D eigenvalue weighted by atomic mass is 32.2. The van der Waals surface area contributed by atoms with E-state index in [1.807, 2.05) is 0 Å². The molecule has 6 nitrogen and oxygen atoms in total. The molecule has 100 valence electrons. The normalized spacial score (nSPS) is 19.0. The summed E-state index contributed by atoms with van der Waals surface area (Å²) in [5, 5.41) is 6.44. The summed E-state index contributed by atoms with van der Waals surface area (Å²) in [6.45, 7) is 0. The maximum Gasteiger partial charge on any atom is 0.310 e. The van der Waals surface area contributed by atoms with E-state index in [1.54, 1.807) is 5.41 Å². The Bertz CT molecular complexity index is 531. The van der Waals surface area contributed by atoms with Crippen molar-refractivity contribution in [1.82, 2.24) is 10.6 Å². The second kappa shape index (κ2) is 5.76. The molecule has 2 rings (SSSR count). The van der Waals surface area contributed by atoms with Crippen molar-refractivity contribution in [2.45, 2.75) is 6.42 Å². The molecule has 1 fully saturated rings. The molecule has 2 heterocycles. The van der Waals surface area contributed by atoms with Gasteiger partial charge in [-0.1, -0.05) is 23.5 Å². The van der Waals surface area contributed by atoms with Crippen LogP contribution in [0.3, 0.4) is 0 Å². The third-order valence-corrected chi connectivity index (χ3v) is 4.81.